The van der Waals surface area contributed by atoms with E-state index in [1.807, 2.05) is 0 Å². The molecule has 0 spiro atoms. The van der Waals surface area contributed by atoms with Crippen molar-refractivity contribution in [3.8, 4) is 11.5 Å². The third-order valence-corrected chi connectivity index (χ3v) is 5.54. The second kappa shape index (κ2) is 8.69. The zero-order chi connectivity index (χ0) is 24.5. The summed E-state index contributed by atoms with van der Waals surface area (Å²) in [7, 11) is 0. The summed E-state index contributed by atoms with van der Waals surface area (Å²) in [6.07, 6.45) is -3.05. The van der Waals surface area contributed by atoms with Crippen molar-refractivity contribution >= 4 is 11.9 Å². The van der Waals surface area contributed by atoms with E-state index in [0.717, 1.165) is 0 Å². The van der Waals surface area contributed by atoms with Crippen LogP contribution in [-0.4, -0.2) is 34.9 Å². The minimum Gasteiger partial charge on any atom is -0.491 e. The van der Waals surface area contributed by atoms with Crippen LogP contribution in [0.15, 0.2) is 60.8 Å². The monoisotopic (exact) mass is 472 g/mol. The molecule has 7 nitrogen and oxygen atoms in total. The van der Waals surface area contributed by atoms with Crippen molar-refractivity contribution in [3.05, 3.63) is 88.7 Å². The lowest BCUT2D eigenvalue weighted by Gasteiger charge is -2.39. The van der Waals surface area contributed by atoms with Gasteiger partial charge in [0.05, 0.1) is 12.2 Å². The number of benzene rings is 2. The van der Waals surface area contributed by atoms with Gasteiger partial charge in [0.1, 0.15) is 22.7 Å². The Hall–Kier alpha value is -4.08. The van der Waals surface area contributed by atoms with Crippen molar-refractivity contribution < 1.29 is 37.3 Å². The smallest absolute Gasteiger partial charge is 0.491 e. The number of nitrogens with zero attached hydrogens (tertiary/aromatic N) is 1. The van der Waals surface area contributed by atoms with E-state index >= 15 is 0 Å². The van der Waals surface area contributed by atoms with Gasteiger partial charge in [-0.05, 0) is 60.5 Å². The van der Waals surface area contributed by atoms with Crippen LogP contribution in [0, 0.1) is 6.92 Å². The molecule has 2 heterocycles. The summed E-state index contributed by atoms with van der Waals surface area (Å²) in [5, 5.41) is 12.2. The molecule has 10 heteroatoms. The van der Waals surface area contributed by atoms with Gasteiger partial charge in [0.15, 0.2) is 0 Å². The molecule has 1 amide bonds. The SMILES string of the molecule is Cc1cc(C(=O)NC2(c3ccc(OC(F)(F)F)cc3)CCOc3cccnc32)ccc1C(=O)O. The number of pyridine rings is 1. The van der Waals surface area contributed by atoms with Crippen LogP contribution in [-0.2, 0) is 5.54 Å². The first kappa shape index (κ1) is 23.1. The second-order valence-corrected chi connectivity index (χ2v) is 7.72. The van der Waals surface area contributed by atoms with Gasteiger partial charge in [0, 0.05) is 18.2 Å². The summed E-state index contributed by atoms with van der Waals surface area (Å²) in [5.41, 5.74) is 0.388. The number of carbonyl (C=O) groups is 2. The number of aromatic carboxylic acids is 1. The molecule has 0 saturated carbocycles. The number of nitrogens with one attached hydrogen (secondary N) is 1. The fraction of sp³-hybridized carbons (Fsp3) is 0.208. The number of carbonyl (C=O) groups excluding carboxylic acids is 1. The highest BCUT2D eigenvalue weighted by molar-refractivity contribution is 5.97. The highest BCUT2D eigenvalue weighted by atomic mass is 19.4. The van der Waals surface area contributed by atoms with Gasteiger partial charge in [-0.25, -0.2) is 4.79 Å². The summed E-state index contributed by atoms with van der Waals surface area (Å²) in [5.74, 6) is -1.58. The summed E-state index contributed by atoms with van der Waals surface area (Å²) >= 11 is 0. The van der Waals surface area contributed by atoms with Crippen molar-refractivity contribution in [2.24, 2.45) is 0 Å². The summed E-state index contributed by atoms with van der Waals surface area (Å²) in [4.78, 5) is 29.0. The maximum Gasteiger partial charge on any atom is 0.573 e. The first-order valence-electron chi connectivity index (χ1n) is 10.2. The zero-order valence-electron chi connectivity index (χ0n) is 17.8. The Labute approximate surface area is 192 Å². The summed E-state index contributed by atoms with van der Waals surface area (Å²) in [6.45, 7) is 1.80. The summed E-state index contributed by atoms with van der Waals surface area (Å²) in [6, 6.07) is 12.8. The van der Waals surface area contributed by atoms with Crippen molar-refractivity contribution in [1.82, 2.24) is 10.3 Å². The molecule has 1 aliphatic rings. The number of ether oxygens (including phenoxy) is 2. The Balaban J connectivity index is 1.75. The Morgan fingerprint density at radius 3 is 2.53 bits per heavy atom. The van der Waals surface area contributed by atoms with Gasteiger partial charge in [-0.2, -0.15) is 0 Å². The average molecular weight is 472 g/mol. The molecule has 1 aliphatic heterocycles. The maximum absolute atomic E-state index is 13.3. The van der Waals surface area contributed by atoms with E-state index in [0.29, 0.717) is 22.6 Å². The highest BCUT2D eigenvalue weighted by Gasteiger charge is 2.43. The van der Waals surface area contributed by atoms with Crippen LogP contribution in [0.2, 0.25) is 0 Å². The number of aromatic nitrogens is 1. The first-order valence-corrected chi connectivity index (χ1v) is 10.2. The van der Waals surface area contributed by atoms with Gasteiger partial charge in [-0.15, -0.1) is 13.2 Å². The maximum atomic E-state index is 13.3. The topological polar surface area (TPSA) is 97.8 Å². The number of carboxylic acid groups (broad SMARTS) is 1. The van der Waals surface area contributed by atoms with E-state index in [4.69, 9.17) is 4.74 Å². The van der Waals surface area contributed by atoms with Gasteiger partial charge in [0.2, 0.25) is 0 Å². The van der Waals surface area contributed by atoms with Gasteiger partial charge in [-0.1, -0.05) is 12.1 Å². The van der Waals surface area contributed by atoms with E-state index in [1.54, 1.807) is 19.1 Å². The Morgan fingerprint density at radius 2 is 1.88 bits per heavy atom. The lowest BCUT2D eigenvalue weighted by molar-refractivity contribution is -0.274. The fourth-order valence-corrected chi connectivity index (χ4v) is 3.99. The van der Waals surface area contributed by atoms with Crippen molar-refractivity contribution in [2.75, 3.05) is 6.61 Å². The van der Waals surface area contributed by atoms with Gasteiger partial charge >= 0.3 is 12.3 Å². The molecule has 3 aromatic rings. The number of aryl methyl sites for hydroxylation is 1. The molecular weight excluding hydrogens is 453 g/mol. The van der Waals surface area contributed by atoms with Crippen LogP contribution in [0.3, 0.4) is 0 Å². The molecule has 2 N–H and O–H groups in total. The molecule has 176 valence electrons. The molecule has 0 aliphatic carbocycles. The largest absolute Gasteiger partial charge is 0.573 e. The Kier molecular flexibility index (Phi) is 5.90. The first-order chi connectivity index (χ1) is 16.1. The molecule has 1 atom stereocenters. The van der Waals surface area contributed by atoms with Crippen LogP contribution >= 0.6 is 0 Å². The van der Waals surface area contributed by atoms with Gasteiger partial charge in [0.25, 0.3) is 5.91 Å². The van der Waals surface area contributed by atoms with E-state index in [2.05, 4.69) is 15.0 Å². The highest BCUT2D eigenvalue weighted by Crippen LogP contribution is 2.41. The molecule has 2 aromatic carbocycles. The predicted molar refractivity (Wildman–Crippen MR) is 114 cm³/mol. The van der Waals surface area contributed by atoms with Gasteiger partial charge < -0.3 is 19.9 Å². The van der Waals surface area contributed by atoms with Crippen LogP contribution in [0.4, 0.5) is 13.2 Å². The van der Waals surface area contributed by atoms with Crippen LogP contribution in [0.5, 0.6) is 11.5 Å². The van der Waals surface area contributed by atoms with Crippen molar-refractivity contribution in [3.63, 3.8) is 0 Å². The Morgan fingerprint density at radius 1 is 1.15 bits per heavy atom. The van der Waals surface area contributed by atoms with Crippen LogP contribution < -0.4 is 14.8 Å². The average Bonchev–Trinajstić information content (AvgIpc) is 2.78. The minimum absolute atomic E-state index is 0.0737. The number of rotatable bonds is 5. The molecule has 1 aromatic heterocycles. The number of halogens is 3. The van der Waals surface area contributed by atoms with Crippen molar-refractivity contribution in [2.45, 2.75) is 25.2 Å². The number of carboxylic acids is 1. The van der Waals surface area contributed by atoms with Crippen molar-refractivity contribution in [1.29, 1.82) is 0 Å². The number of amides is 1. The third kappa shape index (κ3) is 4.52. The zero-order valence-corrected chi connectivity index (χ0v) is 17.8. The molecule has 34 heavy (non-hydrogen) atoms. The third-order valence-electron chi connectivity index (χ3n) is 5.54. The van der Waals surface area contributed by atoms with Gasteiger partial charge in [-0.3, -0.25) is 9.78 Å². The summed E-state index contributed by atoms with van der Waals surface area (Å²) < 4.78 is 47.4. The molecule has 0 radical (unpaired) electrons. The Bertz CT molecular complexity index is 1240. The molecule has 1 unspecified atom stereocenters. The van der Waals surface area contributed by atoms with E-state index in [-0.39, 0.29) is 24.2 Å². The van der Waals surface area contributed by atoms with E-state index < -0.39 is 29.5 Å². The number of hydrogen-bond acceptors (Lipinski definition) is 5. The van der Waals surface area contributed by atoms with Crippen LogP contribution in [0.25, 0.3) is 0 Å². The van der Waals surface area contributed by atoms with E-state index in [1.165, 1.54) is 48.7 Å². The van der Waals surface area contributed by atoms with E-state index in [9.17, 15) is 27.9 Å². The standard InChI is InChI=1S/C24H19F3N2O5/c1-14-13-15(4-9-18(14)22(31)32)21(30)29-23(10-12-33-19-3-2-11-28-20(19)23)16-5-7-17(8-6-16)34-24(25,26)27/h2-9,11,13H,10,12H2,1H3,(H,29,30)(H,31,32). The molecule has 0 fully saturated rings. The quantitative estimate of drug-likeness (QED) is 0.570. The molecule has 4 rings (SSSR count). The number of alkyl halides is 3. The lowest BCUT2D eigenvalue weighted by atomic mass is 9.81. The number of fused-ring (bicyclic) bond motifs is 1. The predicted octanol–water partition coefficient (Wildman–Crippen LogP) is 4.44. The molecular formula is C24H19F3N2O5. The number of hydrogen-bond donors (Lipinski definition) is 2. The minimum atomic E-state index is -4.83. The molecule has 0 saturated heterocycles. The fourth-order valence-electron chi connectivity index (χ4n) is 3.99. The lowest BCUT2D eigenvalue weighted by Crippen LogP contribution is -2.50. The second-order valence-electron chi connectivity index (χ2n) is 7.72. The normalized spacial score (nSPS) is 17.3. The van der Waals surface area contributed by atoms with Crippen LogP contribution in [0.1, 0.15) is 44.0 Å². The molecule has 0 bridgehead atoms.